The number of carbonyl (C=O) groups is 2. The van der Waals surface area contributed by atoms with E-state index in [1.165, 1.54) is 6.21 Å². The number of carbonyl (C=O) groups excluding carboxylic acids is 2. The maximum Gasteiger partial charge on any atom is 0.343 e. The van der Waals surface area contributed by atoms with Crippen LogP contribution in [0.15, 0.2) is 82.4 Å². The van der Waals surface area contributed by atoms with E-state index >= 15 is 0 Å². The molecule has 0 aliphatic rings. The predicted molar refractivity (Wildman–Crippen MR) is 114 cm³/mol. The van der Waals surface area contributed by atoms with Crippen molar-refractivity contribution in [3.05, 3.63) is 94.0 Å². The zero-order valence-corrected chi connectivity index (χ0v) is 17.0. The van der Waals surface area contributed by atoms with Crippen LogP contribution in [0.25, 0.3) is 0 Å². The first-order valence-corrected chi connectivity index (χ1v) is 9.40. The number of hydrogen-bond acceptors (Lipinski definition) is 5. The fourth-order valence-electron chi connectivity index (χ4n) is 2.42. The zero-order valence-electron chi connectivity index (χ0n) is 15.5. The van der Waals surface area contributed by atoms with Crippen LogP contribution < -0.4 is 14.9 Å². The van der Waals surface area contributed by atoms with Gasteiger partial charge in [0.05, 0.1) is 24.5 Å². The molecular formula is C22H17BrN2O4. The smallest absolute Gasteiger partial charge is 0.343 e. The summed E-state index contributed by atoms with van der Waals surface area (Å²) in [5.41, 5.74) is 4.02. The molecule has 1 amide bonds. The van der Waals surface area contributed by atoms with Crippen molar-refractivity contribution in [1.82, 2.24) is 5.43 Å². The van der Waals surface area contributed by atoms with Gasteiger partial charge in [-0.2, -0.15) is 5.10 Å². The van der Waals surface area contributed by atoms with Crippen molar-refractivity contribution in [3.8, 4) is 11.5 Å². The average Bonchev–Trinajstić information content (AvgIpc) is 2.74. The highest BCUT2D eigenvalue weighted by molar-refractivity contribution is 9.10. The molecule has 0 saturated heterocycles. The fraction of sp³-hybridized carbons (Fsp3) is 0.0455. The van der Waals surface area contributed by atoms with E-state index in [9.17, 15) is 9.59 Å². The molecule has 0 aromatic heterocycles. The molecule has 1 N–H and O–H groups in total. The quantitative estimate of drug-likeness (QED) is 0.259. The Morgan fingerprint density at radius 2 is 1.72 bits per heavy atom. The van der Waals surface area contributed by atoms with Crippen LogP contribution in [0.1, 0.15) is 26.3 Å². The molecule has 146 valence electrons. The van der Waals surface area contributed by atoms with Gasteiger partial charge in [-0.1, -0.05) is 24.3 Å². The third kappa shape index (κ3) is 5.52. The van der Waals surface area contributed by atoms with E-state index in [1.54, 1.807) is 73.8 Å². The van der Waals surface area contributed by atoms with Crippen molar-refractivity contribution < 1.29 is 19.1 Å². The van der Waals surface area contributed by atoms with Crippen molar-refractivity contribution in [3.63, 3.8) is 0 Å². The number of nitrogens with zero attached hydrogens (tertiary/aromatic N) is 1. The number of hydrogen-bond donors (Lipinski definition) is 1. The first-order chi connectivity index (χ1) is 14.1. The lowest BCUT2D eigenvalue weighted by atomic mass is 10.2. The summed E-state index contributed by atoms with van der Waals surface area (Å²) in [6.45, 7) is 0. The number of benzene rings is 3. The molecule has 0 heterocycles. The Hall–Kier alpha value is -3.45. The van der Waals surface area contributed by atoms with Gasteiger partial charge in [0.1, 0.15) is 11.5 Å². The van der Waals surface area contributed by atoms with Gasteiger partial charge >= 0.3 is 5.97 Å². The molecule has 6 nitrogen and oxygen atoms in total. The van der Waals surface area contributed by atoms with Crippen molar-refractivity contribution in [1.29, 1.82) is 0 Å². The Morgan fingerprint density at radius 3 is 2.45 bits per heavy atom. The number of halogens is 1. The second-order valence-electron chi connectivity index (χ2n) is 5.87. The predicted octanol–water partition coefficient (Wildman–Crippen LogP) is 4.44. The minimum absolute atomic E-state index is 0.337. The number of ether oxygens (including phenoxy) is 2. The van der Waals surface area contributed by atoms with Crippen LogP contribution in [0, 0.1) is 0 Å². The van der Waals surface area contributed by atoms with Crippen LogP contribution in [0.4, 0.5) is 0 Å². The van der Waals surface area contributed by atoms with Crippen molar-refractivity contribution in [2.45, 2.75) is 0 Å². The lowest BCUT2D eigenvalue weighted by Gasteiger charge is -2.06. The minimum Gasteiger partial charge on any atom is -0.497 e. The average molecular weight is 453 g/mol. The summed E-state index contributed by atoms with van der Waals surface area (Å²) in [4.78, 5) is 24.4. The first-order valence-electron chi connectivity index (χ1n) is 8.61. The van der Waals surface area contributed by atoms with E-state index in [1.807, 2.05) is 6.07 Å². The molecule has 29 heavy (non-hydrogen) atoms. The van der Waals surface area contributed by atoms with Crippen molar-refractivity contribution >= 4 is 34.0 Å². The number of rotatable bonds is 6. The second kappa shape index (κ2) is 9.66. The Labute approximate surface area is 176 Å². The summed E-state index contributed by atoms with van der Waals surface area (Å²) >= 11 is 3.33. The normalized spacial score (nSPS) is 10.6. The Morgan fingerprint density at radius 1 is 0.966 bits per heavy atom. The molecule has 3 aromatic rings. The highest BCUT2D eigenvalue weighted by Gasteiger charge is 2.09. The number of hydrazone groups is 1. The molecule has 0 spiro atoms. The zero-order chi connectivity index (χ0) is 20.6. The summed E-state index contributed by atoms with van der Waals surface area (Å²) in [6, 6.07) is 20.5. The topological polar surface area (TPSA) is 77.0 Å². The van der Waals surface area contributed by atoms with E-state index in [0.29, 0.717) is 32.7 Å². The van der Waals surface area contributed by atoms with Crippen molar-refractivity contribution in [2.75, 3.05) is 7.11 Å². The standard InChI is InChI=1S/C22H17BrN2O4/c1-28-17-11-9-16(10-12-17)22(27)29-18-6-4-5-15(13-18)14-24-25-21(26)19-7-2-3-8-20(19)23/h2-14H,1H3,(H,25,26)/b24-14-. The molecule has 0 saturated carbocycles. The monoisotopic (exact) mass is 452 g/mol. The molecule has 0 fully saturated rings. The van der Waals surface area contributed by atoms with E-state index < -0.39 is 5.97 Å². The molecule has 0 unspecified atom stereocenters. The summed E-state index contributed by atoms with van der Waals surface area (Å²) in [5, 5.41) is 3.96. The van der Waals surface area contributed by atoms with Gasteiger partial charge in [0, 0.05) is 4.47 Å². The minimum atomic E-state index is -0.482. The number of amides is 1. The van der Waals surface area contributed by atoms with Crippen LogP contribution in [0.3, 0.4) is 0 Å². The third-order valence-electron chi connectivity index (χ3n) is 3.89. The molecule has 0 bridgehead atoms. The molecule has 3 aromatic carbocycles. The summed E-state index contributed by atoms with van der Waals surface area (Å²) in [7, 11) is 1.56. The van der Waals surface area contributed by atoms with E-state index in [0.717, 1.165) is 0 Å². The van der Waals surface area contributed by atoms with E-state index in [4.69, 9.17) is 9.47 Å². The highest BCUT2D eigenvalue weighted by atomic mass is 79.9. The summed E-state index contributed by atoms with van der Waals surface area (Å²) < 4.78 is 11.1. The molecule has 0 aliphatic heterocycles. The van der Waals surface area contributed by atoms with Gasteiger partial charge in [-0.3, -0.25) is 4.79 Å². The van der Waals surface area contributed by atoms with Crippen molar-refractivity contribution in [2.24, 2.45) is 5.10 Å². The highest BCUT2D eigenvalue weighted by Crippen LogP contribution is 2.17. The van der Waals surface area contributed by atoms with Gasteiger partial charge in [-0.15, -0.1) is 0 Å². The Kier molecular flexibility index (Phi) is 6.76. The van der Waals surface area contributed by atoms with Crippen LogP contribution in [0.5, 0.6) is 11.5 Å². The molecular weight excluding hydrogens is 436 g/mol. The largest absolute Gasteiger partial charge is 0.497 e. The lowest BCUT2D eigenvalue weighted by molar-refractivity contribution is 0.0734. The van der Waals surface area contributed by atoms with Crippen LogP contribution >= 0.6 is 15.9 Å². The van der Waals surface area contributed by atoms with E-state index in [-0.39, 0.29) is 5.91 Å². The van der Waals surface area contributed by atoms with Crippen LogP contribution in [-0.2, 0) is 0 Å². The van der Waals surface area contributed by atoms with Gasteiger partial charge in [-0.05, 0) is 70.0 Å². The molecule has 0 atom stereocenters. The molecule has 0 radical (unpaired) electrons. The molecule has 3 rings (SSSR count). The van der Waals surface area contributed by atoms with Gasteiger partial charge in [-0.25, -0.2) is 10.2 Å². The maximum atomic E-state index is 12.3. The Bertz CT molecular complexity index is 1050. The number of nitrogens with one attached hydrogen (secondary N) is 1. The number of esters is 1. The fourth-order valence-corrected chi connectivity index (χ4v) is 2.89. The number of methoxy groups -OCH3 is 1. The van der Waals surface area contributed by atoms with E-state index in [2.05, 4.69) is 26.5 Å². The molecule has 7 heteroatoms. The van der Waals surface area contributed by atoms with Crippen LogP contribution in [-0.4, -0.2) is 25.2 Å². The summed E-state index contributed by atoms with van der Waals surface area (Å²) in [5.74, 6) is 0.205. The Balaban J connectivity index is 1.63. The SMILES string of the molecule is COc1ccc(C(=O)Oc2cccc(/C=N\NC(=O)c3ccccc3Br)c2)cc1. The summed E-state index contributed by atoms with van der Waals surface area (Å²) in [6.07, 6.45) is 1.47. The van der Waals surface area contributed by atoms with Gasteiger partial charge in [0.25, 0.3) is 5.91 Å². The van der Waals surface area contributed by atoms with Gasteiger partial charge < -0.3 is 9.47 Å². The third-order valence-corrected chi connectivity index (χ3v) is 4.58. The maximum absolute atomic E-state index is 12.3. The lowest BCUT2D eigenvalue weighted by Crippen LogP contribution is -2.18. The second-order valence-corrected chi connectivity index (χ2v) is 6.72. The first kappa shape index (κ1) is 20.3. The molecule has 0 aliphatic carbocycles. The van der Waals surface area contributed by atoms with Gasteiger partial charge in [0.15, 0.2) is 0 Å². The van der Waals surface area contributed by atoms with Gasteiger partial charge in [0.2, 0.25) is 0 Å². The van der Waals surface area contributed by atoms with Crippen LogP contribution in [0.2, 0.25) is 0 Å².